The quantitative estimate of drug-likeness (QED) is 0.679. The largest absolute Gasteiger partial charge is 0.296 e. The van der Waals surface area contributed by atoms with Gasteiger partial charge in [-0.05, 0) is 32.9 Å². The van der Waals surface area contributed by atoms with Crippen LogP contribution < -0.4 is 5.56 Å². The van der Waals surface area contributed by atoms with Crippen molar-refractivity contribution in [2.75, 3.05) is 7.05 Å². The smallest absolute Gasteiger partial charge is 0.269 e. The van der Waals surface area contributed by atoms with Crippen molar-refractivity contribution < 1.29 is 0 Å². The van der Waals surface area contributed by atoms with E-state index in [1.54, 1.807) is 11.3 Å². The molecule has 0 bridgehead atoms. The van der Waals surface area contributed by atoms with E-state index in [4.69, 9.17) is 0 Å². The lowest BCUT2D eigenvalue weighted by Gasteiger charge is -2.39. The van der Waals surface area contributed by atoms with Crippen LogP contribution in [0.2, 0.25) is 0 Å². The number of hydrogen-bond donors (Lipinski definition) is 1. The molecule has 7 heteroatoms. The zero-order valence-electron chi connectivity index (χ0n) is 11.6. The third-order valence-electron chi connectivity index (χ3n) is 4.30. The molecule has 0 spiro atoms. The predicted molar refractivity (Wildman–Crippen MR) is 78.2 cm³/mol. The van der Waals surface area contributed by atoms with Gasteiger partial charge < -0.3 is 0 Å². The average Bonchev–Trinajstić information content (AvgIpc) is 2.94. The molecule has 0 fully saturated rings. The SMILES string of the molecule is CN1Cc2sc3nc4[nH]ncn4c(=O)c3c2CC1(C)C. The molecule has 0 saturated heterocycles. The van der Waals surface area contributed by atoms with E-state index in [1.807, 2.05) is 0 Å². The Bertz CT molecular complexity index is 887. The Labute approximate surface area is 119 Å². The van der Waals surface area contributed by atoms with Gasteiger partial charge in [0.2, 0.25) is 5.78 Å². The van der Waals surface area contributed by atoms with Gasteiger partial charge in [0.15, 0.2) is 0 Å². The van der Waals surface area contributed by atoms with E-state index in [1.165, 1.54) is 21.2 Å². The number of nitrogens with one attached hydrogen (secondary N) is 1. The number of fused-ring (bicyclic) bond motifs is 4. The summed E-state index contributed by atoms with van der Waals surface area (Å²) < 4.78 is 1.49. The van der Waals surface area contributed by atoms with E-state index in [9.17, 15) is 4.79 Å². The first-order chi connectivity index (χ1) is 9.47. The zero-order chi connectivity index (χ0) is 14.1. The predicted octanol–water partition coefficient (Wildman–Crippen LogP) is 1.40. The van der Waals surface area contributed by atoms with Crippen LogP contribution >= 0.6 is 11.3 Å². The van der Waals surface area contributed by atoms with E-state index in [0.29, 0.717) is 5.78 Å². The molecule has 1 aliphatic heterocycles. The Kier molecular flexibility index (Phi) is 2.21. The fourth-order valence-electron chi connectivity index (χ4n) is 2.81. The lowest BCUT2D eigenvalue weighted by Crippen LogP contribution is -2.45. The first-order valence-electron chi connectivity index (χ1n) is 6.54. The van der Waals surface area contributed by atoms with Crippen LogP contribution in [0.25, 0.3) is 16.0 Å². The summed E-state index contributed by atoms with van der Waals surface area (Å²) >= 11 is 1.62. The summed E-state index contributed by atoms with van der Waals surface area (Å²) in [5.41, 5.74) is 1.21. The molecule has 0 radical (unpaired) electrons. The normalized spacial score (nSPS) is 18.8. The van der Waals surface area contributed by atoms with Crippen LogP contribution in [0.3, 0.4) is 0 Å². The van der Waals surface area contributed by atoms with E-state index in [2.05, 4.69) is 41.0 Å². The molecular formula is C13H15N5OS. The van der Waals surface area contributed by atoms with Crippen LogP contribution in [0.4, 0.5) is 0 Å². The Balaban J connectivity index is 2.09. The second-order valence-electron chi connectivity index (χ2n) is 6.00. The van der Waals surface area contributed by atoms with Gasteiger partial charge in [0.1, 0.15) is 11.2 Å². The minimum Gasteiger partial charge on any atom is -0.296 e. The van der Waals surface area contributed by atoms with E-state index in [-0.39, 0.29) is 11.1 Å². The molecule has 0 amide bonds. The first-order valence-corrected chi connectivity index (χ1v) is 7.36. The van der Waals surface area contributed by atoms with Gasteiger partial charge in [-0.15, -0.1) is 11.3 Å². The van der Waals surface area contributed by atoms with Gasteiger partial charge in [-0.1, -0.05) is 0 Å². The summed E-state index contributed by atoms with van der Waals surface area (Å²) in [5.74, 6) is 0.508. The molecule has 104 valence electrons. The van der Waals surface area contributed by atoms with E-state index >= 15 is 0 Å². The summed E-state index contributed by atoms with van der Waals surface area (Å²) in [6.07, 6.45) is 2.37. The maximum atomic E-state index is 12.6. The summed E-state index contributed by atoms with van der Waals surface area (Å²) in [7, 11) is 2.13. The third-order valence-corrected chi connectivity index (χ3v) is 5.41. The summed E-state index contributed by atoms with van der Waals surface area (Å²) in [4.78, 5) is 21.6. The maximum absolute atomic E-state index is 12.6. The van der Waals surface area contributed by atoms with Crippen LogP contribution in [-0.2, 0) is 13.0 Å². The van der Waals surface area contributed by atoms with Gasteiger partial charge >= 0.3 is 0 Å². The van der Waals surface area contributed by atoms with Crippen LogP contribution in [0.15, 0.2) is 11.1 Å². The van der Waals surface area contributed by atoms with Crippen molar-refractivity contribution in [2.45, 2.75) is 32.4 Å². The maximum Gasteiger partial charge on any atom is 0.269 e. The number of nitrogens with zero attached hydrogens (tertiary/aromatic N) is 4. The molecular weight excluding hydrogens is 274 g/mol. The highest BCUT2D eigenvalue weighted by molar-refractivity contribution is 7.18. The van der Waals surface area contributed by atoms with Crippen LogP contribution in [0.1, 0.15) is 24.3 Å². The van der Waals surface area contributed by atoms with Crippen molar-refractivity contribution in [2.24, 2.45) is 0 Å². The van der Waals surface area contributed by atoms with Crippen molar-refractivity contribution in [1.82, 2.24) is 24.5 Å². The second-order valence-corrected chi connectivity index (χ2v) is 7.08. The lowest BCUT2D eigenvalue weighted by molar-refractivity contribution is 0.136. The molecule has 0 aliphatic carbocycles. The Morgan fingerprint density at radius 3 is 3.05 bits per heavy atom. The third kappa shape index (κ3) is 1.44. The fourth-order valence-corrected chi connectivity index (χ4v) is 4.04. The molecule has 6 nitrogen and oxygen atoms in total. The van der Waals surface area contributed by atoms with Crippen molar-refractivity contribution in [3.8, 4) is 0 Å². The molecule has 0 atom stereocenters. The monoisotopic (exact) mass is 289 g/mol. The topological polar surface area (TPSA) is 66.3 Å². The van der Waals surface area contributed by atoms with E-state index < -0.39 is 0 Å². The highest BCUT2D eigenvalue weighted by Crippen LogP contribution is 2.37. The number of H-pyrrole nitrogens is 1. The van der Waals surface area contributed by atoms with Crippen LogP contribution in [0.5, 0.6) is 0 Å². The number of rotatable bonds is 0. The minimum absolute atomic E-state index is 0.0170. The standard InChI is InChI=1S/C13H15N5OS/c1-13(2)4-7-8(5-17(13)3)20-10-9(7)11(19)18-6-14-16-12(18)15-10/h6H,4-5H2,1-3H3,(H,15,16). The van der Waals surface area contributed by atoms with Crippen molar-refractivity contribution >= 4 is 27.3 Å². The number of likely N-dealkylation sites (N-methyl/N-ethyl adjacent to an activating group) is 1. The Morgan fingerprint density at radius 1 is 1.45 bits per heavy atom. The van der Waals surface area contributed by atoms with Crippen molar-refractivity contribution in [3.63, 3.8) is 0 Å². The number of hydrogen-bond acceptors (Lipinski definition) is 5. The molecule has 0 aromatic carbocycles. The van der Waals surface area contributed by atoms with E-state index in [0.717, 1.165) is 23.2 Å². The zero-order valence-corrected chi connectivity index (χ0v) is 12.4. The molecule has 0 saturated carbocycles. The van der Waals surface area contributed by atoms with Gasteiger partial charge in [-0.3, -0.25) is 9.69 Å². The molecule has 0 unspecified atom stereocenters. The second kappa shape index (κ2) is 3.67. The number of aromatic amines is 1. The summed E-state index contributed by atoms with van der Waals surface area (Å²) in [6, 6.07) is 0. The lowest BCUT2D eigenvalue weighted by atomic mass is 9.88. The minimum atomic E-state index is -0.0170. The molecule has 20 heavy (non-hydrogen) atoms. The van der Waals surface area contributed by atoms with Gasteiger partial charge in [0.05, 0.1) is 5.39 Å². The Morgan fingerprint density at radius 2 is 2.25 bits per heavy atom. The molecule has 4 heterocycles. The molecule has 1 N–H and O–H groups in total. The van der Waals surface area contributed by atoms with Gasteiger partial charge in [-0.2, -0.15) is 5.10 Å². The Hall–Kier alpha value is -1.73. The van der Waals surface area contributed by atoms with Gasteiger partial charge in [0.25, 0.3) is 5.56 Å². The van der Waals surface area contributed by atoms with Gasteiger partial charge in [-0.25, -0.2) is 14.5 Å². The van der Waals surface area contributed by atoms with Gasteiger partial charge in [0, 0.05) is 17.0 Å². The fraction of sp³-hybridized carbons (Fsp3) is 0.462. The summed E-state index contributed by atoms with van der Waals surface area (Å²) in [6.45, 7) is 5.29. The number of aromatic nitrogens is 4. The molecule has 3 aromatic heterocycles. The average molecular weight is 289 g/mol. The first kappa shape index (κ1) is 12.0. The molecule has 1 aliphatic rings. The number of thiophene rings is 1. The van der Waals surface area contributed by atoms with Crippen molar-refractivity contribution in [3.05, 3.63) is 27.1 Å². The molecule has 4 rings (SSSR count). The highest BCUT2D eigenvalue weighted by atomic mass is 32.1. The van der Waals surface area contributed by atoms with Crippen LogP contribution in [0, 0.1) is 0 Å². The van der Waals surface area contributed by atoms with Crippen LogP contribution in [-0.4, -0.2) is 37.1 Å². The molecule has 3 aromatic rings. The highest BCUT2D eigenvalue weighted by Gasteiger charge is 2.33. The summed E-state index contributed by atoms with van der Waals surface area (Å²) in [5, 5.41) is 7.41. The van der Waals surface area contributed by atoms with Crippen molar-refractivity contribution in [1.29, 1.82) is 0 Å².